The molecule has 6 heteroatoms. The number of ketones is 1. The summed E-state index contributed by atoms with van der Waals surface area (Å²) in [5, 5.41) is 0. The zero-order chi connectivity index (χ0) is 31.3. The zero-order valence-corrected chi connectivity index (χ0v) is 28.0. The van der Waals surface area contributed by atoms with Gasteiger partial charge in [0, 0.05) is 11.3 Å². The van der Waals surface area contributed by atoms with Crippen molar-refractivity contribution in [3.8, 4) is 0 Å². The summed E-state index contributed by atoms with van der Waals surface area (Å²) in [7, 11) is 1.50. The van der Waals surface area contributed by atoms with E-state index in [9.17, 15) is 14.4 Å². The molecule has 0 bridgehead atoms. The molecule has 0 amide bonds. The predicted molar refractivity (Wildman–Crippen MR) is 164 cm³/mol. The van der Waals surface area contributed by atoms with Gasteiger partial charge in [-0.25, -0.2) is 0 Å². The minimum absolute atomic E-state index is 0.0263. The number of methoxy groups -OCH3 is 1. The molecule has 0 aromatic carbocycles. The Morgan fingerprint density at radius 3 is 2.19 bits per heavy atom. The fourth-order valence-electron chi connectivity index (χ4n) is 11.3. The Morgan fingerprint density at radius 1 is 0.929 bits per heavy atom. The van der Waals surface area contributed by atoms with Crippen LogP contribution in [-0.2, 0) is 23.9 Å². The molecule has 0 saturated heterocycles. The standard InChI is InChI=1S/C36H57NO5/c1-21(2)27(37)29(39)42-26-12-13-34(7)25(31(26,3)4)11-14-36(9)28(34)24(38)19-22-23-20-33(6,30(40)41-10)16-15-32(23,5)17-18-35(22,36)8/h19,21,23,25-28H,11-18,20,37H2,1-10H3/t23-,25-,26-,27-,28+,32+,33-,34-,35+,36+/m0/s1. The van der Waals surface area contributed by atoms with Gasteiger partial charge in [-0.1, -0.05) is 61.0 Å². The molecule has 0 aromatic rings. The fraction of sp³-hybridized carbons (Fsp3) is 0.861. The van der Waals surface area contributed by atoms with Crippen LogP contribution in [0.4, 0.5) is 0 Å². The van der Waals surface area contributed by atoms with E-state index < -0.39 is 11.5 Å². The van der Waals surface area contributed by atoms with Gasteiger partial charge < -0.3 is 15.2 Å². The van der Waals surface area contributed by atoms with Crippen molar-refractivity contribution in [3.63, 3.8) is 0 Å². The highest BCUT2D eigenvalue weighted by molar-refractivity contribution is 5.95. The minimum Gasteiger partial charge on any atom is -0.469 e. The monoisotopic (exact) mass is 583 g/mol. The van der Waals surface area contributed by atoms with Gasteiger partial charge in [-0.3, -0.25) is 14.4 Å². The number of fused-ring (bicyclic) bond motifs is 7. The van der Waals surface area contributed by atoms with E-state index in [1.54, 1.807) is 0 Å². The Balaban J connectivity index is 1.51. The van der Waals surface area contributed by atoms with Crippen molar-refractivity contribution in [3.05, 3.63) is 11.6 Å². The smallest absolute Gasteiger partial charge is 0.323 e. The quantitative estimate of drug-likeness (QED) is 0.357. The number of ether oxygens (including phenoxy) is 2. The molecule has 4 fully saturated rings. The maximum Gasteiger partial charge on any atom is 0.323 e. The molecule has 0 aliphatic heterocycles. The third kappa shape index (κ3) is 4.23. The third-order valence-electron chi connectivity index (χ3n) is 14.4. The van der Waals surface area contributed by atoms with Crippen LogP contribution in [0.25, 0.3) is 0 Å². The van der Waals surface area contributed by atoms with E-state index in [0.717, 1.165) is 57.8 Å². The third-order valence-corrected chi connectivity index (χ3v) is 14.4. The molecule has 2 N–H and O–H groups in total. The second-order valence-corrected chi connectivity index (χ2v) is 17.3. The van der Waals surface area contributed by atoms with Crippen molar-refractivity contribution >= 4 is 17.7 Å². The van der Waals surface area contributed by atoms with E-state index in [0.29, 0.717) is 0 Å². The van der Waals surface area contributed by atoms with Crippen LogP contribution >= 0.6 is 0 Å². The van der Waals surface area contributed by atoms with Gasteiger partial charge >= 0.3 is 11.9 Å². The number of nitrogens with two attached hydrogens (primary N) is 1. The van der Waals surface area contributed by atoms with Gasteiger partial charge in [0.15, 0.2) is 5.78 Å². The molecule has 6 nitrogen and oxygen atoms in total. The van der Waals surface area contributed by atoms with E-state index in [1.807, 2.05) is 13.8 Å². The van der Waals surface area contributed by atoms with Crippen molar-refractivity contribution in [2.75, 3.05) is 7.11 Å². The van der Waals surface area contributed by atoms with Crippen LogP contribution in [0.2, 0.25) is 0 Å². The molecule has 4 saturated carbocycles. The van der Waals surface area contributed by atoms with Gasteiger partial charge in [-0.2, -0.15) is 0 Å². The van der Waals surface area contributed by atoms with E-state index >= 15 is 0 Å². The first-order valence-electron chi connectivity index (χ1n) is 16.6. The Bertz CT molecular complexity index is 1190. The number of esters is 2. The molecule has 0 aromatic heterocycles. The van der Waals surface area contributed by atoms with Gasteiger partial charge in [-0.05, 0) is 110 Å². The number of carbonyl (C=O) groups excluding carboxylic acids is 3. The summed E-state index contributed by atoms with van der Waals surface area (Å²) in [5.74, 6) is 0.268. The molecule has 0 radical (unpaired) electrons. The van der Waals surface area contributed by atoms with Crippen molar-refractivity contribution in [2.45, 2.75) is 132 Å². The van der Waals surface area contributed by atoms with Crippen molar-refractivity contribution in [1.29, 1.82) is 0 Å². The number of hydrogen-bond donors (Lipinski definition) is 1. The van der Waals surface area contributed by atoms with E-state index in [1.165, 1.54) is 12.7 Å². The minimum atomic E-state index is -0.620. The van der Waals surface area contributed by atoms with Crippen LogP contribution < -0.4 is 5.73 Å². The van der Waals surface area contributed by atoms with Crippen molar-refractivity contribution in [1.82, 2.24) is 0 Å². The summed E-state index contributed by atoms with van der Waals surface area (Å²) in [4.78, 5) is 40.4. The second-order valence-electron chi connectivity index (χ2n) is 17.3. The van der Waals surface area contributed by atoms with Crippen LogP contribution in [0, 0.1) is 56.2 Å². The molecule has 5 rings (SSSR count). The average molecular weight is 584 g/mol. The highest BCUT2D eigenvalue weighted by Crippen LogP contribution is 2.75. The molecule has 0 unspecified atom stereocenters. The van der Waals surface area contributed by atoms with Crippen LogP contribution in [0.15, 0.2) is 11.6 Å². The molecular weight excluding hydrogens is 526 g/mol. The van der Waals surface area contributed by atoms with Gasteiger partial charge in [0.25, 0.3) is 0 Å². The summed E-state index contributed by atoms with van der Waals surface area (Å²) in [6, 6.07) is -0.620. The lowest BCUT2D eigenvalue weighted by molar-refractivity contribution is -0.211. The normalized spacial score (nSPS) is 46.8. The molecule has 0 heterocycles. The molecule has 10 atom stereocenters. The number of allylic oxidation sites excluding steroid dienone is 2. The SMILES string of the molecule is COC(=O)[C@@]1(C)CC[C@]2(C)CC[C@]3(C)C(=CC(=O)[C@@H]4[C@@]5(C)CC[C@H](OC(=O)[C@@H](N)C(C)C)C(C)(C)[C@@H]5CC[C@]43C)[C@@H]2C1. The average Bonchev–Trinajstić information content (AvgIpc) is 2.91. The van der Waals surface area contributed by atoms with Crippen LogP contribution in [0.5, 0.6) is 0 Å². The van der Waals surface area contributed by atoms with Gasteiger partial charge in [0.1, 0.15) is 12.1 Å². The predicted octanol–water partition coefficient (Wildman–Crippen LogP) is 7.04. The van der Waals surface area contributed by atoms with Crippen LogP contribution in [-0.4, -0.2) is 37.0 Å². The summed E-state index contributed by atoms with van der Waals surface area (Å²) < 4.78 is 11.4. The summed E-state index contributed by atoms with van der Waals surface area (Å²) >= 11 is 0. The zero-order valence-electron chi connectivity index (χ0n) is 28.0. The van der Waals surface area contributed by atoms with Crippen molar-refractivity contribution in [2.24, 2.45) is 61.9 Å². The largest absolute Gasteiger partial charge is 0.469 e. The highest BCUT2D eigenvalue weighted by atomic mass is 16.5. The van der Waals surface area contributed by atoms with E-state index in [-0.39, 0.29) is 74.6 Å². The lowest BCUT2D eigenvalue weighted by Crippen LogP contribution is -2.67. The highest BCUT2D eigenvalue weighted by Gasteiger charge is 2.70. The molecule has 236 valence electrons. The Morgan fingerprint density at radius 2 is 1.57 bits per heavy atom. The topological polar surface area (TPSA) is 95.7 Å². The van der Waals surface area contributed by atoms with Gasteiger partial charge in [0.2, 0.25) is 0 Å². The summed E-state index contributed by atoms with van der Waals surface area (Å²) in [6.45, 7) is 20.1. The lowest BCUT2D eigenvalue weighted by Gasteiger charge is -2.70. The maximum absolute atomic E-state index is 14.6. The van der Waals surface area contributed by atoms with Gasteiger partial charge in [0.05, 0.1) is 12.5 Å². The van der Waals surface area contributed by atoms with E-state index in [4.69, 9.17) is 15.2 Å². The fourth-order valence-corrected chi connectivity index (χ4v) is 11.3. The van der Waals surface area contributed by atoms with Gasteiger partial charge in [-0.15, -0.1) is 0 Å². The Labute approximate surface area is 254 Å². The summed E-state index contributed by atoms with van der Waals surface area (Å²) in [6.07, 6.45) is 10.3. The number of hydrogen-bond acceptors (Lipinski definition) is 6. The first-order chi connectivity index (χ1) is 19.3. The second kappa shape index (κ2) is 9.91. The molecule has 5 aliphatic rings. The maximum atomic E-state index is 14.6. The first kappa shape index (κ1) is 31.7. The summed E-state index contributed by atoms with van der Waals surface area (Å²) in [5.41, 5.74) is 6.35. The molecule has 0 spiro atoms. The van der Waals surface area contributed by atoms with Crippen LogP contribution in [0.3, 0.4) is 0 Å². The Hall–Kier alpha value is -1.69. The molecule has 5 aliphatic carbocycles. The van der Waals surface area contributed by atoms with Crippen molar-refractivity contribution < 1.29 is 23.9 Å². The molecular formula is C36H57NO5. The number of carbonyl (C=O) groups is 3. The number of rotatable bonds is 4. The van der Waals surface area contributed by atoms with Crippen LogP contribution in [0.1, 0.15) is 120 Å². The Kier molecular flexibility index (Phi) is 7.48. The molecule has 42 heavy (non-hydrogen) atoms. The van der Waals surface area contributed by atoms with E-state index in [2.05, 4.69) is 54.5 Å². The first-order valence-corrected chi connectivity index (χ1v) is 16.6. The lowest BCUT2D eigenvalue weighted by atomic mass is 9.33.